The van der Waals surface area contributed by atoms with Gasteiger partial charge in [-0.25, -0.2) is 0 Å². The lowest BCUT2D eigenvalue weighted by atomic mass is 9.43. The summed E-state index contributed by atoms with van der Waals surface area (Å²) in [6, 6.07) is 16.6. The van der Waals surface area contributed by atoms with E-state index in [1.165, 1.54) is 23.1 Å². The fraction of sp³-hybridized carbons (Fsp3) is 0.500. The van der Waals surface area contributed by atoms with Crippen LogP contribution in [0.4, 0.5) is 0 Å². The van der Waals surface area contributed by atoms with Crippen LogP contribution in [0.5, 0.6) is 0 Å². The molecule has 0 aromatic heterocycles. The lowest BCUT2D eigenvalue weighted by molar-refractivity contribution is -0.175. The lowest BCUT2D eigenvalue weighted by Gasteiger charge is -2.61. The number of esters is 1. The van der Waals surface area contributed by atoms with Crippen molar-refractivity contribution in [2.75, 3.05) is 12.4 Å². The van der Waals surface area contributed by atoms with E-state index in [4.69, 9.17) is 4.74 Å². The molecule has 2 aromatic carbocycles. The van der Waals surface area contributed by atoms with Crippen LogP contribution in [0.1, 0.15) is 61.6 Å². The van der Waals surface area contributed by atoms with Gasteiger partial charge in [0, 0.05) is 17.1 Å². The van der Waals surface area contributed by atoms with E-state index in [0.29, 0.717) is 17.6 Å². The molecule has 0 saturated heterocycles. The van der Waals surface area contributed by atoms with Gasteiger partial charge in [-0.15, -0.1) is 11.8 Å². The SMILES string of the molecule is Cc1ccc(C23C[C@@H]4C[C@H](CC(C(=O)OCC(=O)NC(=O)CCSc5ccccc5)(C4)C2)C3)cc1C. The summed E-state index contributed by atoms with van der Waals surface area (Å²) < 4.78 is 5.58. The number of carbonyl (C=O) groups is 3. The summed E-state index contributed by atoms with van der Waals surface area (Å²) in [6.07, 6.45) is 6.20. The van der Waals surface area contributed by atoms with E-state index in [9.17, 15) is 14.4 Å². The van der Waals surface area contributed by atoms with Gasteiger partial charge in [-0.1, -0.05) is 36.4 Å². The van der Waals surface area contributed by atoms with E-state index >= 15 is 0 Å². The first-order chi connectivity index (χ1) is 17.3. The fourth-order valence-corrected chi connectivity index (χ4v) is 8.10. The number of thioether (sulfide) groups is 1. The molecule has 4 saturated carbocycles. The summed E-state index contributed by atoms with van der Waals surface area (Å²) in [5.74, 6) is 0.479. The van der Waals surface area contributed by atoms with Crippen LogP contribution in [0.25, 0.3) is 0 Å². The molecule has 4 aliphatic carbocycles. The summed E-state index contributed by atoms with van der Waals surface area (Å²) in [7, 11) is 0. The molecule has 6 heteroatoms. The highest BCUT2D eigenvalue weighted by Gasteiger charge is 2.61. The number of hydrogen-bond donors (Lipinski definition) is 1. The second-order valence-electron chi connectivity index (χ2n) is 11.3. The molecule has 4 aliphatic rings. The summed E-state index contributed by atoms with van der Waals surface area (Å²) in [6.45, 7) is 3.89. The Labute approximate surface area is 217 Å². The molecule has 190 valence electrons. The molecular weight excluding hydrogens is 470 g/mol. The first kappa shape index (κ1) is 25.1. The normalized spacial score (nSPS) is 28.1. The number of ether oxygens (including phenoxy) is 1. The lowest BCUT2D eigenvalue weighted by Crippen LogP contribution is -2.57. The van der Waals surface area contributed by atoms with Crippen molar-refractivity contribution < 1.29 is 19.1 Å². The first-order valence-corrected chi connectivity index (χ1v) is 14.0. The van der Waals surface area contributed by atoms with Gasteiger partial charge in [0.05, 0.1) is 5.41 Å². The number of benzene rings is 2. The van der Waals surface area contributed by atoms with Crippen molar-refractivity contribution in [2.45, 2.75) is 69.1 Å². The number of nitrogens with one attached hydrogen (secondary N) is 1. The molecular formula is C30H35NO4S. The average molecular weight is 506 g/mol. The Morgan fingerprint density at radius 2 is 1.67 bits per heavy atom. The third-order valence-electron chi connectivity index (χ3n) is 8.57. The van der Waals surface area contributed by atoms with Gasteiger partial charge in [-0.05, 0) is 98.4 Å². The Morgan fingerprint density at radius 1 is 0.944 bits per heavy atom. The smallest absolute Gasteiger partial charge is 0.312 e. The highest BCUT2D eigenvalue weighted by atomic mass is 32.2. The van der Waals surface area contributed by atoms with Crippen LogP contribution in [-0.2, 0) is 24.5 Å². The van der Waals surface area contributed by atoms with Gasteiger partial charge >= 0.3 is 5.97 Å². The summed E-state index contributed by atoms with van der Waals surface area (Å²) in [5.41, 5.74) is 3.45. The number of rotatable bonds is 8. The number of carbonyl (C=O) groups excluding carboxylic acids is 3. The van der Waals surface area contributed by atoms with Crippen LogP contribution >= 0.6 is 11.8 Å². The Bertz CT molecular complexity index is 1150. The predicted molar refractivity (Wildman–Crippen MR) is 141 cm³/mol. The number of aryl methyl sites for hydroxylation is 2. The largest absolute Gasteiger partial charge is 0.455 e. The van der Waals surface area contributed by atoms with Crippen molar-refractivity contribution in [3.05, 3.63) is 65.2 Å². The summed E-state index contributed by atoms with van der Waals surface area (Å²) >= 11 is 1.57. The number of imide groups is 1. The van der Waals surface area contributed by atoms with Gasteiger partial charge in [-0.3, -0.25) is 19.7 Å². The molecule has 36 heavy (non-hydrogen) atoms. The molecule has 2 amide bonds. The molecule has 0 unspecified atom stereocenters. The highest BCUT2D eigenvalue weighted by molar-refractivity contribution is 7.99. The molecule has 0 radical (unpaired) electrons. The molecule has 6 rings (SSSR count). The molecule has 1 N–H and O–H groups in total. The number of amides is 2. The fourth-order valence-electron chi connectivity index (χ4n) is 7.23. The van der Waals surface area contributed by atoms with Crippen LogP contribution in [0.3, 0.4) is 0 Å². The zero-order valence-corrected chi connectivity index (χ0v) is 22.0. The minimum Gasteiger partial charge on any atom is -0.455 e. The van der Waals surface area contributed by atoms with Crippen molar-refractivity contribution in [2.24, 2.45) is 17.3 Å². The standard InChI is InChI=1S/C30H35NO4S/c1-20-8-9-24(12-21(20)2)29-14-22-13-23(15-29)17-30(16-22,19-29)28(34)35-18-27(33)31-26(32)10-11-36-25-6-4-3-5-7-25/h3-9,12,22-23H,10-11,13-19H2,1-2H3,(H,31,32,33)/t22-,23-,29?,30?/m0/s1. The highest BCUT2D eigenvalue weighted by Crippen LogP contribution is 2.66. The molecule has 4 fully saturated rings. The Hall–Kier alpha value is -2.60. The molecule has 2 atom stereocenters. The van der Waals surface area contributed by atoms with Crippen molar-refractivity contribution in [3.8, 4) is 0 Å². The van der Waals surface area contributed by atoms with E-state index in [0.717, 1.165) is 37.0 Å². The summed E-state index contributed by atoms with van der Waals surface area (Å²) in [4.78, 5) is 39.0. The zero-order chi connectivity index (χ0) is 25.3. The van der Waals surface area contributed by atoms with E-state index in [2.05, 4.69) is 37.4 Å². The van der Waals surface area contributed by atoms with E-state index in [1.54, 1.807) is 11.8 Å². The van der Waals surface area contributed by atoms with E-state index in [1.807, 2.05) is 30.3 Å². The van der Waals surface area contributed by atoms with E-state index in [-0.39, 0.29) is 23.7 Å². The van der Waals surface area contributed by atoms with Crippen LogP contribution < -0.4 is 5.32 Å². The topological polar surface area (TPSA) is 72.5 Å². The molecule has 0 aliphatic heterocycles. The van der Waals surface area contributed by atoms with Crippen molar-refractivity contribution in [1.82, 2.24) is 5.32 Å². The molecule has 2 aromatic rings. The Balaban J connectivity index is 1.17. The molecule has 0 heterocycles. The first-order valence-electron chi connectivity index (χ1n) is 13.0. The third-order valence-corrected chi connectivity index (χ3v) is 9.58. The van der Waals surface area contributed by atoms with Gasteiger partial charge in [0.2, 0.25) is 5.91 Å². The van der Waals surface area contributed by atoms with Crippen LogP contribution in [-0.4, -0.2) is 30.1 Å². The predicted octanol–water partition coefficient (Wildman–Crippen LogP) is 5.51. The minimum atomic E-state index is -0.549. The zero-order valence-electron chi connectivity index (χ0n) is 21.2. The quantitative estimate of drug-likeness (QED) is 0.378. The van der Waals surface area contributed by atoms with Crippen LogP contribution in [0.2, 0.25) is 0 Å². The van der Waals surface area contributed by atoms with Gasteiger partial charge in [0.15, 0.2) is 6.61 Å². The molecule has 0 spiro atoms. The van der Waals surface area contributed by atoms with Gasteiger partial charge < -0.3 is 4.74 Å². The molecule has 4 bridgehead atoms. The van der Waals surface area contributed by atoms with Gasteiger partial charge in [-0.2, -0.15) is 0 Å². The van der Waals surface area contributed by atoms with Crippen molar-refractivity contribution in [1.29, 1.82) is 0 Å². The third kappa shape index (κ3) is 5.10. The second kappa shape index (κ2) is 10.0. The van der Waals surface area contributed by atoms with Gasteiger partial charge in [0.1, 0.15) is 0 Å². The van der Waals surface area contributed by atoms with Crippen LogP contribution in [0, 0.1) is 31.1 Å². The Morgan fingerprint density at radius 3 is 2.36 bits per heavy atom. The minimum absolute atomic E-state index is 0.0240. The maximum Gasteiger partial charge on any atom is 0.312 e. The average Bonchev–Trinajstić information content (AvgIpc) is 2.84. The monoisotopic (exact) mass is 505 g/mol. The van der Waals surface area contributed by atoms with Gasteiger partial charge in [0.25, 0.3) is 5.91 Å². The summed E-state index contributed by atoms with van der Waals surface area (Å²) in [5, 5.41) is 2.37. The maximum absolute atomic E-state index is 13.4. The maximum atomic E-state index is 13.4. The second-order valence-corrected chi connectivity index (χ2v) is 12.4. The van der Waals surface area contributed by atoms with Crippen LogP contribution in [0.15, 0.2) is 53.4 Å². The van der Waals surface area contributed by atoms with E-state index < -0.39 is 17.9 Å². The van der Waals surface area contributed by atoms with Crippen molar-refractivity contribution in [3.63, 3.8) is 0 Å². The Kier molecular flexibility index (Phi) is 6.99. The molecule has 5 nitrogen and oxygen atoms in total. The number of hydrogen-bond acceptors (Lipinski definition) is 5. The van der Waals surface area contributed by atoms with Crippen molar-refractivity contribution >= 4 is 29.5 Å².